The highest BCUT2D eigenvalue weighted by molar-refractivity contribution is 7.18. The summed E-state index contributed by atoms with van der Waals surface area (Å²) in [6.45, 7) is 1.47. The second-order valence-corrected chi connectivity index (χ2v) is 9.19. The van der Waals surface area contributed by atoms with E-state index in [2.05, 4.69) is 15.3 Å². The van der Waals surface area contributed by atoms with Crippen LogP contribution in [0.25, 0.3) is 10.2 Å². The summed E-state index contributed by atoms with van der Waals surface area (Å²) in [4.78, 5) is 21.5. The molecule has 4 heterocycles. The maximum absolute atomic E-state index is 13.4. The molecule has 8 nitrogen and oxygen atoms in total. The predicted octanol–water partition coefficient (Wildman–Crippen LogP) is 4.39. The van der Waals surface area contributed by atoms with Crippen LogP contribution >= 0.6 is 11.3 Å². The first-order valence-electron chi connectivity index (χ1n) is 10.8. The molecule has 12 heteroatoms. The third-order valence-electron chi connectivity index (χ3n) is 5.93. The molecule has 1 saturated heterocycles. The fraction of sp³-hybridized carbons (Fsp3) is 0.409. The average Bonchev–Trinajstić information content (AvgIpc) is 3.45. The summed E-state index contributed by atoms with van der Waals surface area (Å²) >= 11 is 0.578. The van der Waals surface area contributed by atoms with Crippen LogP contribution in [0.2, 0.25) is 0 Å². The van der Waals surface area contributed by atoms with Crippen molar-refractivity contribution in [3.8, 4) is 11.5 Å². The van der Waals surface area contributed by atoms with E-state index in [1.165, 1.54) is 0 Å². The highest BCUT2D eigenvalue weighted by atomic mass is 32.1. The van der Waals surface area contributed by atoms with E-state index in [1.807, 2.05) is 23.1 Å². The molecule has 180 valence electrons. The minimum atomic E-state index is -4.48. The van der Waals surface area contributed by atoms with Gasteiger partial charge in [-0.25, -0.2) is 4.98 Å². The summed E-state index contributed by atoms with van der Waals surface area (Å²) in [7, 11) is 0. The predicted molar refractivity (Wildman–Crippen MR) is 120 cm³/mol. The van der Waals surface area contributed by atoms with Crippen LogP contribution in [0, 0.1) is 5.92 Å². The Kier molecular flexibility index (Phi) is 5.84. The van der Waals surface area contributed by atoms with Crippen molar-refractivity contribution in [2.45, 2.75) is 25.4 Å². The number of nitrogens with one attached hydrogen (secondary N) is 1. The number of hydrogen-bond donors (Lipinski definition) is 2. The zero-order valence-corrected chi connectivity index (χ0v) is 18.7. The van der Waals surface area contributed by atoms with E-state index in [0.717, 1.165) is 11.6 Å². The van der Waals surface area contributed by atoms with Gasteiger partial charge in [-0.2, -0.15) is 18.2 Å². The number of benzene rings is 1. The van der Waals surface area contributed by atoms with Gasteiger partial charge in [0.1, 0.15) is 15.5 Å². The number of fused-ring (bicyclic) bond motifs is 2. The van der Waals surface area contributed by atoms with Crippen molar-refractivity contribution in [1.82, 2.24) is 9.97 Å². The lowest BCUT2D eigenvalue weighted by molar-refractivity contribution is -0.142. The Bertz CT molecular complexity index is 1220. The number of aromatic nitrogens is 2. The van der Waals surface area contributed by atoms with Gasteiger partial charge in [-0.15, -0.1) is 11.3 Å². The number of nitrogens with zero attached hydrogens (tertiary/aromatic N) is 3. The van der Waals surface area contributed by atoms with Crippen LogP contribution in [0.4, 0.5) is 24.9 Å². The number of rotatable bonds is 6. The van der Waals surface area contributed by atoms with Crippen molar-refractivity contribution in [3.63, 3.8) is 0 Å². The maximum Gasteiger partial charge on any atom is 0.425 e. The van der Waals surface area contributed by atoms with Crippen molar-refractivity contribution in [2.75, 3.05) is 36.6 Å². The number of aliphatic carboxylic acids is 1. The van der Waals surface area contributed by atoms with E-state index >= 15 is 0 Å². The number of carboxylic acid groups (broad SMARTS) is 1. The summed E-state index contributed by atoms with van der Waals surface area (Å²) in [5.74, 6) is 0.711. The second kappa shape index (κ2) is 8.82. The molecule has 0 bridgehead atoms. The Balaban J connectivity index is 1.38. The van der Waals surface area contributed by atoms with E-state index in [-0.39, 0.29) is 11.6 Å². The van der Waals surface area contributed by atoms with Gasteiger partial charge in [0.25, 0.3) is 0 Å². The van der Waals surface area contributed by atoms with Crippen molar-refractivity contribution >= 4 is 39.3 Å². The molecule has 0 spiro atoms. The van der Waals surface area contributed by atoms with Crippen LogP contribution in [-0.4, -0.2) is 47.5 Å². The highest BCUT2D eigenvalue weighted by Crippen LogP contribution is 2.40. The third-order valence-corrected chi connectivity index (χ3v) is 7.00. The Morgan fingerprint density at radius 1 is 1.18 bits per heavy atom. The SMILES string of the molecule is O=C(O)C1CCN(c2nc(NCCc3ccc4c(c3)OCO4)c3cc(C(F)(F)F)sc3n2)CC1. The summed E-state index contributed by atoms with van der Waals surface area (Å²) in [6, 6.07) is 6.69. The van der Waals surface area contributed by atoms with E-state index in [9.17, 15) is 23.1 Å². The van der Waals surface area contributed by atoms with Crippen molar-refractivity contribution in [1.29, 1.82) is 0 Å². The van der Waals surface area contributed by atoms with Gasteiger partial charge in [0.2, 0.25) is 12.7 Å². The Morgan fingerprint density at radius 3 is 2.68 bits per heavy atom. The van der Waals surface area contributed by atoms with Crippen LogP contribution in [0.3, 0.4) is 0 Å². The maximum atomic E-state index is 13.4. The molecule has 5 rings (SSSR count). The van der Waals surface area contributed by atoms with Crippen molar-refractivity contribution in [3.05, 3.63) is 34.7 Å². The third kappa shape index (κ3) is 4.54. The van der Waals surface area contributed by atoms with Gasteiger partial charge >= 0.3 is 12.1 Å². The van der Waals surface area contributed by atoms with Crippen LogP contribution < -0.4 is 19.7 Å². The fourth-order valence-electron chi connectivity index (χ4n) is 4.07. The van der Waals surface area contributed by atoms with Crippen LogP contribution in [0.1, 0.15) is 23.3 Å². The zero-order chi connectivity index (χ0) is 23.9. The monoisotopic (exact) mass is 494 g/mol. The average molecular weight is 494 g/mol. The first-order valence-corrected chi connectivity index (χ1v) is 11.6. The largest absolute Gasteiger partial charge is 0.481 e. The molecule has 0 amide bonds. The minimum absolute atomic E-state index is 0.183. The Morgan fingerprint density at radius 2 is 1.94 bits per heavy atom. The molecule has 0 atom stereocenters. The van der Waals surface area contributed by atoms with E-state index in [4.69, 9.17) is 9.47 Å². The van der Waals surface area contributed by atoms with Gasteiger partial charge in [0.05, 0.1) is 11.3 Å². The first kappa shape index (κ1) is 22.5. The fourth-order valence-corrected chi connectivity index (χ4v) is 4.97. The Labute approximate surface area is 196 Å². The molecule has 2 aromatic heterocycles. The van der Waals surface area contributed by atoms with Gasteiger partial charge < -0.3 is 24.8 Å². The molecule has 3 aromatic rings. The Hall–Kier alpha value is -3.28. The van der Waals surface area contributed by atoms with Crippen LogP contribution in [0.5, 0.6) is 11.5 Å². The topological polar surface area (TPSA) is 96.8 Å². The molecule has 0 unspecified atom stereocenters. The number of carboxylic acids is 1. The zero-order valence-electron chi connectivity index (χ0n) is 17.9. The minimum Gasteiger partial charge on any atom is -0.481 e. The summed E-state index contributed by atoms with van der Waals surface area (Å²) in [6.07, 6.45) is -3.02. The van der Waals surface area contributed by atoms with E-state index in [0.29, 0.717) is 78.9 Å². The van der Waals surface area contributed by atoms with Crippen molar-refractivity contribution in [2.24, 2.45) is 5.92 Å². The lowest BCUT2D eigenvalue weighted by Crippen LogP contribution is -2.37. The number of carbonyl (C=O) groups is 1. The van der Waals surface area contributed by atoms with Gasteiger partial charge in [-0.3, -0.25) is 4.79 Å². The molecular weight excluding hydrogens is 473 g/mol. The molecule has 1 aromatic carbocycles. The molecule has 2 N–H and O–H groups in total. The lowest BCUT2D eigenvalue weighted by Gasteiger charge is -2.30. The number of piperidine rings is 1. The summed E-state index contributed by atoms with van der Waals surface area (Å²) < 4.78 is 50.8. The molecule has 0 aliphatic carbocycles. The number of ether oxygens (including phenoxy) is 2. The molecule has 2 aliphatic rings. The molecule has 34 heavy (non-hydrogen) atoms. The summed E-state index contributed by atoms with van der Waals surface area (Å²) in [5.41, 5.74) is 0.985. The molecule has 1 fully saturated rings. The second-order valence-electron chi connectivity index (χ2n) is 8.16. The number of halogens is 3. The van der Waals surface area contributed by atoms with E-state index in [1.54, 1.807) is 0 Å². The molecule has 0 saturated carbocycles. The standard InChI is InChI=1S/C22H21F3N4O4S/c23-22(24,25)17-10-14-18(26-6-3-12-1-2-15-16(9-12)33-11-32-15)27-21(28-19(14)34-17)29-7-4-13(5-8-29)20(30)31/h1-2,9-10,13H,3-8,11H2,(H,30,31)(H,26,27,28). The van der Waals surface area contributed by atoms with Crippen molar-refractivity contribution < 1.29 is 32.5 Å². The quantitative estimate of drug-likeness (QED) is 0.521. The number of thiophene rings is 1. The van der Waals surface area contributed by atoms with E-state index < -0.39 is 22.9 Å². The van der Waals surface area contributed by atoms with Crippen LogP contribution in [0.15, 0.2) is 24.3 Å². The molecule has 0 radical (unpaired) electrons. The van der Waals surface area contributed by atoms with Gasteiger partial charge in [-0.05, 0) is 43.0 Å². The summed E-state index contributed by atoms with van der Waals surface area (Å²) in [5, 5.41) is 12.7. The highest BCUT2D eigenvalue weighted by Gasteiger charge is 2.34. The first-order chi connectivity index (χ1) is 16.3. The number of anilines is 2. The molecule has 2 aliphatic heterocycles. The van der Waals surface area contributed by atoms with Gasteiger partial charge in [0, 0.05) is 19.6 Å². The van der Waals surface area contributed by atoms with Gasteiger partial charge in [0.15, 0.2) is 11.5 Å². The van der Waals surface area contributed by atoms with Gasteiger partial charge in [-0.1, -0.05) is 6.07 Å². The number of alkyl halides is 3. The number of hydrogen-bond acceptors (Lipinski definition) is 8. The molecular formula is C22H21F3N4O4S. The normalized spacial score (nSPS) is 16.3. The smallest absolute Gasteiger partial charge is 0.425 e. The lowest BCUT2D eigenvalue weighted by atomic mass is 9.97. The van der Waals surface area contributed by atoms with Crippen LogP contribution in [-0.2, 0) is 17.4 Å².